The van der Waals surface area contributed by atoms with E-state index in [-0.39, 0.29) is 11.1 Å². The molecule has 2 heterocycles. The summed E-state index contributed by atoms with van der Waals surface area (Å²) in [6, 6.07) is 10.4. The van der Waals surface area contributed by atoms with Crippen LogP contribution >= 0.6 is 11.8 Å². The lowest BCUT2D eigenvalue weighted by atomic mass is 10.1. The highest BCUT2D eigenvalue weighted by atomic mass is 32.2. The van der Waals surface area contributed by atoms with Crippen LogP contribution in [0.5, 0.6) is 0 Å². The van der Waals surface area contributed by atoms with E-state index in [9.17, 15) is 9.59 Å². The molecule has 4 nitrogen and oxygen atoms in total. The highest BCUT2D eigenvalue weighted by Crippen LogP contribution is 2.29. The number of rotatable bonds is 3. The minimum absolute atomic E-state index is 0.314. The van der Waals surface area contributed by atoms with E-state index in [0.29, 0.717) is 4.91 Å². The van der Waals surface area contributed by atoms with E-state index in [1.165, 1.54) is 5.56 Å². The van der Waals surface area contributed by atoms with Crippen LogP contribution in [-0.4, -0.2) is 15.7 Å². The second kappa shape index (κ2) is 6.08. The van der Waals surface area contributed by atoms with Crippen molar-refractivity contribution >= 4 is 29.0 Å². The number of amides is 2. The smallest absolute Gasteiger partial charge is 0.290 e. The van der Waals surface area contributed by atoms with E-state index in [1.807, 2.05) is 25.1 Å². The molecular formula is C18H18N2O2S. The Morgan fingerprint density at radius 2 is 1.96 bits per heavy atom. The van der Waals surface area contributed by atoms with Crippen molar-refractivity contribution in [3.05, 3.63) is 57.8 Å². The number of imide groups is 1. The van der Waals surface area contributed by atoms with Crippen LogP contribution in [0.1, 0.15) is 29.4 Å². The molecule has 2 aromatic rings. The zero-order valence-electron chi connectivity index (χ0n) is 13.3. The van der Waals surface area contributed by atoms with Gasteiger partial charge < -0.3 is 4.57 Å². The molecule has 1 fully saturated rings. The van der Waals surface area contributed by atoms with E-state index in [0.717, 1.165) is 40.8 Å². The van der Waals surface area contributed by atoms with E-state index in [4.69, 9.17) is 0 Å². The number of carbonyl (C=O) groups is 2. The largest absolute Gasteiger partial charge is 0.318 e. The number of benzene rings is 1. The van der Waals surface area contributed by atoms with Crippen molar-refractivity contribution in [2.24, 2.45) is 0 Å². The number of hydrogen-bond donors (Lipinski definition) is 1. The summed E-state index contributed by atoms with van der Waals surface area (Å²) in [6.07, 6.45) is 2.74. The molecule has 0 atom stereocenters. The Kier molecular flexibility index (Phi) is 4.13. The predicted octanol–water partition coefficient (Wildman–Crippen LogP) is 3.98. The van der Waals surface area contributed by atoms with Crippen molar-refractivity contribution in [3.8, 4) is 5.69 Å². The van der Waals surface area contributed by atoms with Gasteiger partial charge in [-0.2, -0.15) is 0 Å². The molecule has 1 N–H and O–H groups in total. The monoisotopic (exact) mass is 326 g/mol. The third-order valence-electron chi connectivity index (χ3n) is 4.01. The summed E-state index contributed by atoms with van der Waals surface area (Å²) in [6.45, 7) is 6.22. The Labute approximate surface area is 139 Å². The first-order valence-electron chi connectivity index (χ1n) is 7.53. The molecule has 1 aromatic heterocycles. The number of aryl methyl sites for hydroxylation is 2. The molecule has 1 aliphatic heterocycles. The lowest BCUT2D eigenvalue weighted by molar-refractivity contribution is -0.115. The molecule has 1 aliphatic rings. The number of hydrogen-bond acceptors (Lipinski definition) is 3. The maximum atomic E-state index is 11.7. The van der Waals surface area contributed by atoms with Crippen molar-refractivity contribution in [1.29, 1.82) is 0 Å². The molecule has 118 valence electrons. The molecule has 1 saturated heterocycles. The van der Waals surface area contributed by atoms with Crippen molar-refractivity contribution < 1.29 is 9.59 Å². The van der Waals surface area contributed by atoms with Gasteiger partial charge in [0.25, 0.3) is 11.1 Å². The molecular weight excluding hydrogens is 308 g/mol. The van der Waals surface area contributed by atoms with Crippen LogP contribution in [0.3, 0.4) is 0 Å². The molecule has 1 aromatic carbocycles. The van der Waals surface area contributed by atoms with Crippen molar-refractivity contribution in [3.63, 3.8) is 0 Å². The second-order valence-corrected chi connectivity index (χ2v) is 6.51. The fraction of sp³-hybridized carbons (Fsp3) is 0.222. The Bertz CT molecular complexity index is 834. The quantitative estimate of drug-likeness (QED) is 0.868. The molecule has 0 unspecified atom stereocenters. The van der Waals surface area contributed by atoms with Crippen LogP contribution in [0.4, 0.5) is 4.79 Å². The van der Waals surface area contributed by atoms with Gasteiger partial charge in [-0.15, -0.1) is 0 Å². The summed E-state index contributed by atoms with van der Waals surface area (Å²) in [4.78, 5) is 23.5. The third kappa shape index (κ3) is 2.84. The number of thioether (sulfide) groups is 1. The van der Waals surface area contributed by atoms with E-state index >= 15 is 0 Å². The summed E-state index contributed by atoms with van der Waals surface area (Å²) in [7, 11) is 0. The van der Waals surface area contributed by atoms with Gasteiger partial charge in [0.2, 0.25) is 0 Å². The molecule has 2 amide bonds. The van der Waals surface area contributed by atoms with E-state index in [1.54, 1.807) is 6.08 Å². The van der Waals surface area contributed by atoms with Gasteiger partial charge in [0.05, 0.1) is 4.91 Å². The lowest BCUT2D eigenvalue weighted by Crippen LogP contribution is -2.17. The fourth-order valence-electron chi connectivity index (χ4n) is 2.89. The summed E-state index contributed by atoms with van der Waals surface area (Å²) in [5.74, 6) is -0.321. The first-order valence-corrected chi connectivity index (χ1v) is 8.35. The first-order chi connectivity index (χ1) is 11.0. The molecule has 0 bridgehead atoms. The molecule has 3 rings (SSSR count). The predicted molar refractivity (Wildman–Crippen MR) is 93.7 cm³/mol. The van der Waals surface area contributed by atoms with Crippen LogP contribution in [0.25, 0.3) is 11.8 Å². The van der Waals surface area contributed by atoms with Gasteiger partial charge in [-0.1, -0.05) is 25.1 Å². The summed E-state index contributed by atoms with van der Waals surface area (Å²) in [5, 5.41) is 1.97. The average Bonchev–Trinajstić information content (AvgIpc) is 2.98. The SMILES string of the molecule is CCc1ccccc1-n1c(C)cc(C=C2SC(=O)NC2=O)c1C. The maximum absolute atomic E-state index is 11.7. The number of carbonyl (C=O) groups excluding carboxylic acids is 2. The van der Waals surface area contributed by atoms with E-state index in [2.05, 4.69) is 35.9 Å². The van der Waals surface area contributed by atoms with Gasteiger partial charge in [0, 0.05) is 17.1 Å². The summed E-state index contributed by atoms with van der Waals surface area (Å²) in [5.41, 5.74) is 5.56. The number of aromatic nitrogens is 1. The van der Waals surface area contributed by atoms with Gasteiger partial charge in [-0.05, 0) is 61.4 Å². The van der Waals surface area contributed by atoms with Crippen LogP contribution in [0.15, 0.2) is 35.2 Å². The van der Waals surface area contributed by atoms with Crippen LogP contribution in [0.2, 0.25) is 0 Å². The Morgan fingerprint density at radius 1 is 1.22 bits per heavy atom. The van der Waals surface area contributed by atoms with Gasteiger partial charge in [-0.25, -0.2) is 0 Å². The lowest BCUT2D eigenvalue weighted by Gasteiger charge is -2.13. The minimum Gasteiger partial charge on any atom is -0.318 e. The fourth-order valence-corrected chi connectivity index (χ4v) is 3.57. The highest BCUT2D eigenvalue weighted by Gasteiger charge is 2.25. The molecule has 0 aliphatic carbocycles. The van der Waals surface area contributed by atoms with Gasteiger partial charge >= 0.3 is 0 Å². The van der Waals surface area contributed by atoms with Crippen LogP contribution in [-0.2, 0) is 11.2 Å². The van der Waals surface area contributed by atoms with E-state index < -0.39 is 0 Å². The zero-order valence-corrected chi connectivity index (χ0v) is 14.2. The second-order valence-electron chi connectivity index (χ2n) is 5.50. The third-order valence-corrected chi connectivity index (χ3v) is 4.82. The number of nitrogens with one attached hydrogen (secondary N) is 1. The molecule has 0 radical (unpaired) electrons. The Hall–Kier alpha value is -2.27. The molecule has 5 heteroatoms. The van der Waals surface area contributed by atoms with Crippen molar-refractivity contribution in [2.45, 2.75) is 27.2 Å². The van der Waals surface area contributed by atoms with Gasteiger partial charge in [0.15, 0.2) is 0 Å². The molecule has 0 saturated carbocycles. The zero-order chi connectivity index (χ0) is 16.6. The topological polar surface area (TPSA) is 51.1 Å². The summed E-state index contributed by atoms with van der Waals surface area (Å²) >= 11 is 0.948. The molecule has 23 heavy (non-hydrogen) atoms. The number of nitrogens with zero attached hydrogens (tertiary/aromatic N) is 1. The summed E-state index contributed by atoms with van der Waals surface area (Å²) < 4.78 is 2.20. The average molecular weight is 326 g/mol. The van der Waals surface area contributed by atoms with Crippen molar-refractivity contribution in [1.82, 2.24) is 9.88 Å². The maximum Gasteiger partial charge on any atom is 0.290 e. The first kappa shape index (κ1) is 15.6. The minimum atomic E-state index is -0.321. The standard InChI is InChI=1S/C18H18N2O2S/c1-4-13-7-5-6-8-15(13)20-11(2)9-14(12(20)3)10-16-17(21)19-18(22)23-16/h5-10H,4H2,1-3H3,(H,19,21,22). The van der Waals surface area contributed by atoms with Crippen LogP contribution in [0, 0.1) is 13.8 Å². The van der Waals surface area contributed by atoms with Crippen molar-refractivity contribution in [2.75, 3.05) is 0 Å². The van der Waals surface area contributed by atoms with Gasteiger partial charge in [-0.3, -0.25) is 14.9 Å². The normalized spacial score (nSPS) is 16.2. The van der Waals surface area contributed by atoms with Crippen LogP contribution < -0.4 is 5.32 Å². The Balaban J connectivity index is 2.09. The Morgan fingerprint density at radius 3 is 2.61 bits per heavy atom. The van der Waals surface area contributed by atoms with Gasteiger partial charge in [0.1, 0.15) is 0 Å². The highest BCUT2D eigenvalue weighted by molar-refractivity contribution is 8.18. The number of para-hydroxylation sites is 1. The molecule has 0 spiro atoms.